The third-order valence-corrected chi connectivity index (χ3v) is 6.44. The van der Waals surface area contributed by atoms with Crippen LogP contribution in [0.3, 0.4) is 0 Å². The van der Waals surface area contributed by atoms with Crippen LogP contribution >= 0.6 is 43.2 Å². The fraction of sp³-hybridized carbons (Fsp3) is 0.231. The predicted octanol–water partition coefficient (Wildman–Crippen LogP) is 4.94. The standard InChI is InChI=1S/C13H10Br2FNOS/c14-8-4-12(19-13(8)15)11-5-9(17)7-2-1-6(16)3-10(7)18-11/h1-4,9,11H,5,17H2. The molecule has 6 heteroatoms. The molecule has 0 spiro atoms. The number of fused-ring (bicyclic) bond motifs is 1. The Bertz CT molecular complexity index is 612. The molecule has 1 aromatic heterocycles. The lowest BCUT2D eigenvalue weighted by molar-refractivity contribution is 0.164. The maximum Gasteiger partial charge on any atom is 0.135 e. The van der Waals surface area contributed by atoms with Crippen LogP contribution in [0.15, 0.2) is 32.5 Å². The van der Waals surface area contributed by atoms with Gasteiger partial charge in [-0.2, -0.15) is 0 Å². The lowest BCUT2D eigenvalue weighted by Gasteiger charge is -2.29. The first-order valence-corrected chi connectivity index (χ1v) is 8.11. The van der Waals surface area contributed by atoms with Crippen molar-refractivity contribution in [2.75, 3.05) is 0 Å². The van der Waals surface area contributed by atoms with Crippen LogP contribution in [0.5, 0.6) is 5.75 Å². The Morgan fingerprint density at radius 2 is 2.11 bits per heavy atom. The highest BCUT2D eigenvalue weighted by atomic mass is 79.9. The summed E-state index contributed by atoms with van der Waals surface area (Å²) in [5, 5.41) is 0. The zero-order chi connectivity index (χ0) is 13.6. The van der Waals surface area contributed by atoms with Gasteiger partial charge in [0.2, 0.25) is 0 Å². The molecular weight excluding hydrogens is 397 g/mol. The summed E-state index contributed by atoms with van der Waals surface area (Å²) in [5.41, 5.74) is 7.02. The number of ether oxygens (including phenoxy) is 1. The topological polar surface area (TPSA) is 35.2 Å². The number of halogens is 3. The molecule has 2 nitrogen and oxygen atoms in total. The average molecular weight is 407 g/mol. The summed E-state index contributed by atoms with van der Waals surface area (Å²) in [6.07, 6.45) is 0.565. The number of rotatable bonds is 1. The fourth-order valence-electron chi connectivity index (χ4n) is 2.17. The number of nitrogens with two attached hydrogens (primary N) is 1. The first-order chi connectivity index (χ1) is 9.04. The number of hydrogen-bond acceptors (Lipinski definition) is 3. The molecule has 19 heavy (non-hydrogen) atoms. The maximum atomic E-state index is 13.3. The van der Waals surface area contributed by atoms with Crippen molar-refractivity contribution in [3.05, 3.63) is 48.8 Å². The second kappa shape index (κ2) is 5.16. The smallest absolute Gasteiger partial charge is 0.135 e. The van der Waals surface area contributed by atoms with Gasteiger partial charge in [0.25, 0.3) is 0 Å². The lowest BCUT2D eigenvalue weighted by Crippen LogP contribution is -2.23. The van der Waals surface area contributed by atoms with Gasteiger partial charge in [-0.15, -0.1) is 11.3 Å². The third kappa shape index (κ3) is 2.59. The fourth-order valence-corrected chi connectivity index (χ4v) is 4.30. The summed E-state index contributed by atoms with van der Waals surface area (Å²) in [6, 6.07) is 6.40. The molecule has 0 amide bonds. The minimum atomic E-state index is -0.305. The third-order valence-electron chi connectivity index (χ3n) is 3.09. The summed E-state index contributed by atoms with van der Waals surface area (Å²) in [6.45, 7) is 0. The molecule has 2 aromatic rings. The van der Waals surface area contributed by atoms with Gasteiger partial charge in [0, 0.05) is 33.4 Å². The second-order valence-corrected chi connectivity index (χ2v) is 7.66. The Labute approximate surface area is 131 Å². The molecule has 0 bridgehead atoms. The van der Waals surface area contributed by atoms with Crippen LogP contribution in [-0.2, 0) is 0 Å². The molecule has 0 saturated carbocycles. The second-order valence-electron chi connectivity index (χ2n) is 4.40. The van der Waals surface area contributed by atoms with Gasteiger partial charge in [0.05, 0.1) is 3.79 Å². The van der Waals surface area contributed by atoms with E-state index in [-0.39, 0.29) is 18.0 Å². The van der Waals surface area contributed by atoms with Crippen molar-refractivity contribution in [2.45, 2.75) is 18.6 Å². The Balaban J connectivity index is 1.96. The van der Waals surface area contributed by atoms with E-state index in [1.165, 1.54) is 12.1 Å². The molecule has 2 N–H and O–H groups in total. The van der Waals surface area contributed by atoms with E-state index < -0.39 is 0 Å². The first kappa shape index (κ1) is 13.5. The van der Waals surface area contributed by atoms with Crippen molar-refractivity contribution in [1.29, 1.82) is 0 Å². The van der Waals surface area contributed by atoms with Crippen LogP contribution in [0.4, 0.5) is 4.39 Å². The molecule has 0 radical (unpaired) electrons. The minimum absolute atomic E-state index is 0.128. The van der Waals surface area contributed by atoms with Crippen LogP contribution in [0.1, 0.15) is 29.0 Å². The van der Waals surface area contributed by atoms with Crippen molar-refractivity contribution in [3.8, 4) is 5.75 Å². The lowest BCUT2D eigenvalue weighted by atomic mass is 9.96. The molecule has 1 aliphatic heterocycles. The zero-order valence-corrected chi connectivity index (χ0v) is 13.7. The maximum absolute atomic E-state index is 13.3. The van der Waals surface area contributed by atoms with Crippen molar-refractivity contribution < 1.29 is 9.13 Å². The SMILES string of the molecule is NC1CC(c2cc(Br)c(Br)s2)Oc2cc(F)ccc21. The van der Waals surface area contributed by atoms with Gasteiger partial charge < -0.3 is 10.5 Å². The van der Waals surface area contributed by atoms with Crippen molar-refractivity contribution in [3.63, 3.8) is 0 Å². The number of thiophene rings is 1. The van der Waals surface area contributed by atoms with Crippen LogP contribution in [0.2, 0.25) is 0 Å². The minimum Gasteiger partial charge on any atom is -0.484 e. The van der Waals surface area contributed by atoms with E-state index in [0.717, 1.165) is 18.7 Å². The van der Waals surface area contributed by atoms with E-state index in [1.807, 2.05) is 6.07 Å². The highest BCUT2D eigenvalue weighted by Crippen LogP contribution is 2.44. The van der Waals surface area contributed by atoms with E-state index in [4.69, 9.17) is 10.5 Å². The molecule has 2 atom stereocenters. The molecule has 0 aliphatic carbocycles. The highest BCUT2D eigenvalue weighted by molar-refractivity contribution is 9.13. The molecule has 1 aliphatic rings. The predicted molar refractivity (Wildman–Crippen MR) is 81.0 cm³/mol. The quantitative estimate of drug-likeness (QED) is 0.728. The molecule has 100 valence electrons. The van der Waals surface area contributed by atoms with Crippen molar-refractivity contribution in [1.82, 2.24) is 0 Å². The Morgan fingerprint density at radius 1 is 1.32 bits per heavy atom. The first-order valence-electron chi connectivity index (χ1n) is 5.71. The molecular formula is C13H10Br2FNOS. The van der Waals surface area contributed by atoms with Gasteiger partial charge in [0.1, 0.15) is 17.7 Å². The molecule has 2 heterocycles. The van der Waals surface area contributed by atoms with Gasteiger partial charge in [0.15, 0.2) is 0 Å². The van der Waals surface area contributed by atoms with Crippen LogP contribution < -0.4 is 10.5 Å². The summed E-state index contributed by atoms with van der Waals surface area (Å²) < 4.78 is 21.2. The Hall–Kier alpha value is -0.430. The molecule has 1 aromatic carbocycles. The van der Waals surface area contributed by atoms with Crippen LogP contribution in [0.25, 0.3) is 0 Å². The van der Waals surface area contributed by atoms with Gasteiger partial charge in [-0.25, -0.2) is 4.39 Å². The largest absolute Gasteiger partial charge is 0.484 e. The summed E-state index contributed by atoms with van der Waals surface area (Å²) in [5.74, 6) is 0.240. The van der Waals surface area contributed by atoms with Gasteiger partial charge in [-0.1, -0.05) is 6.07 Å². The molecule has 0 saturated heterocycles. The average Bonchev–Trinajstić information content (AvgIpc) is 2.69. The Morgan fingerprint density at radius 3 is 2.79 bits per heavy atom. The van der Waals surface area contributed by atoms with Crippen molar-refractivity contribution in [2.24, 2.45) is 5.73 Å². The molecule has 0 fully saturated rings. The monoisotopic (exact) mass is 405 g/mol. The zero-order valence-electron chi connectivity index (χ0n) is 9.70. The van der Waals surface area contributed by atoms with Crippen molar-refractivity contribution >= 4 is 43.2 Å². The van der Waals surface area contributed by atoms with E-state index in [9.17, 15) is 4.39 Å². The van der Waals surface area contributed by atoms with E-state index in [2.05, 4.69) is 31.9 Å². The summed E-state index contributed by atoms with van der Waals surface area (Å²) in [4.78, 5) is 1.07. The molecule has 2 unspecified atom stereocenters. The van der Waals surface area contributed by atoms with Crippen LogP contribution in [-0.4, -0.2) is 0 Å². The normalized spacial score (nSPS) is 21.9. The summed E-state index contributed by atoms with van der Waals surface area (Å²) >= 11 is 8.52. The van der Waals surface area contributed by atoms with Gasteiger partial charge in [-0.3, -0.25) is 0 Å². The van der Waals surface area contributed by atoms with E-state index >= 15 is 0 Å². The summed E-state index contributed by atoms with van der Waals surface area (Å²) in [7, 11) is 0. The number of benzene rings is 1. The Kier molecular flexibility index (Phi) is 3.68. The highest BCUT2D eigenvalue weighted by Gasteiger charge is 2.28. The molecule has 3 rings (SSSR count). The van der Waals surface area contributed by atoms with E-state index in [1.54, 1.807) is 17.4 Å². The number of hydrogen-bond donors (Lipinski definition) is 1. The van der Waals surface area contributed by atoms with Gasteiger partial charge in [-0.05, 0) is 44.0 Å². The van der Waals surface area contributed by atoms with Crippen LogP contribution in [0, 0.1) is 5.82 Å². The van der Waals surface area contributed by atoms with E-state index in [0.29, 0.717) is 12.2 Å². The van der Waals surface area contributed by atoms with Gasteiger partial charge >= 0.3 is 0 Å².